The second kappa shape index (κ2) is 10.2. The van der Waals surface area contributed by atoms with E-state index in [2.05, 4.69) is 6.58 Å². The van der Waals surface area contributed by atoms with Crippen molar-refractivity contribution in [3.8, 4) is 0 Å². The molecule has 5 atom stereocenters. The summed E-state index contributed by atoms with van der Waals surface area (Å²) in [6, 6.07) is 9.57. The van der Waals surface area contributed by atoms with Crippen LogP contribution in [0.25, 0.3) is 0 Å². The van der Waals surface area contributed by atoms with Gasteiger partial charge < -0.3 is 23.7 Å². The van der Waals surface area contributed by atoms with E-state index in [1.165, 1.54) is 13.8 Å². The summed E-state index contributed by atoms with van der Waals surface area (Å²) in [5, 5.41) is 0. The van der Waals surface area contributed by atoms with E-state index >= 15 is 0 Å². The summed E-state index contributed by atoms with van der Waals surface area (Å²) in [4.78, 5) is 23.1. The van der Waals surface area contributed by atoms with Crippen molar-refractivity contribution < 1.29 is 33.3 Å². The predicted octanol–water partition coefficient (Wildman–Crippen LogP) is 2.38. The largest absolute Gasteiger partial charge is 0.453 e. The number of ether oxygens (including phenoxy) is 5. The molecule has 0 amide bonds. The normalized spacial score (nSPS) is 27.6. The zero-order valence-electron chi connectivity index (χ0n) is 15.8. The molecule has 1 fully saturated rings. The molecule has 1 aliphatic heterocycles. The lowest BCUT2D eigenvalue weighted by molar-refractivity contribution is -0.301. The average molecular weight is 378 g/mol. The minimum atomic E-state index is -1.08. The van der Waals surface area contributed by atoms with Gasteiger partial charge in [-0.1, -0.05) is 36.4 Å². The Morgan fingerprint density at radius 3 is 2.30 bits per heavy atom. The monoisotopic (exact) mass is 378 g/mol. The van der Waals surface area contributed by atoms with Gasteiger partial charge in [0.25, 0.3) is 0 Å². The Morgan fingerprint density at radius 1 is 1.04 bits per heavy atom. The van der Waals surface area contributed by atoms with Gasteiger partial charge in [-0.25, -0.2) is 0 Å². The molecule has 7 nitrogen and oxygen atoms in total. The van der Waals surface area contributed by atoms with E-state index in [1.54, 1.807) is 13.0 Å². The Bertz CT molecular complexity index is 630. The van der Waals surface area contributed by atoms with Gasteiger partial charge in [-0.05, 0) is 12.5 Å². The Balaban J connectivity index is 2.26. The molecule has 1 aliphatic rings. The lowest BCUT2D eigenvalue weighted by atomic mass is 9.98. The van der Waals surface area contributed by atoms with Gasteiger partial charge in [0.05, 0.1) is 19.3 Å². The van der Waals surface area contributed by atoms with Crippen molar-refractivity contribution in [3.05, 3.63) is 48.6 Å². The van der Waals surface area contributed by atoms with Crippen molar-refractivity contribution in [2.45, 2.75) is 58.1 Å². The molecule has 0 saturated carbocycles. The Kier molecular flexibility index (Phi) is 7.97. The number of esters is 2. The third-order valence-corrected chi connectivity index (χ3v) is 4.00. The van der Waals surface area contributed by atoms with E-state index < -0.39 is 42.6 Å². The average Bonchev–Trinajstić information content (AvgIpc) is 2.61. The van der Waals surface area contributed by atoms with Gasteiger partial charge >= 0.3 is 11.9 Å². The number of hydrogen-bond acceptors (Lipinski definition) is 7. The fourth-order valence-corrected chi connectivity index (χ4v) is 2.91. The summed E-state index contributed by atoms with van der Waals surface area (Å²) in [6.07, 6.45) is -2.11. The van der Waals surface area contributed by atoms with Gasteiger partial charge in [-0.15, -0.1) is 6.58 Å². The highest BCUT2D eigenvalue weighted by Crippen LogP contribution is 2.29. The zero-order chi connectivity index (χ0) is 19.8. The fraction of sp³-hybridized carbons (Fsp3) is 0.500. The van der Waals surface area contributed by atoms with Crippen LogP contribution < -0.4 is 0 Å². The van der Waals surface area contributed by atoms with Crippen LogP contribution in [0, 0.1) is 0 Å². The van der Waals surface area contributed by atoms with Gasteiger partial charge in [-0.2, -0.15) is 0 Å². The first-order valence-corrected chi connectivity index (χ1v) is 8.80. The second-order valence-electron chi connectivity index (χ2n) is 6.24. The van der Waals surface area contributed by atoms with Crippen LogP contribution in [-0.4, -0.2) is 49.3 Å². The highest BCUT2D eigenvalue weighted by molar-refractivity contribution is 5.67. The molecule has 0 N–H and O–H groups in total. The van der Waals surface area contributed by atoms with Crippen LogP contribution in [0.1, 0.15) is 26.3 Å². The van der Waals surface area contributed by atoms with Crippen LogP contribution >= 0.6 is 0 Å². The van der Waals surface area contributed by atoms with Gasteiger partial charge in [0.15, 0.2) is 6.10 Å². The van der Waals surface area contributed by atoms with E-state index in [4.69, 9.17) is 23.7 Å². The molecule has 148 valence electrons. The smallest absolute Gasteiger partial charge is 0.305 e. The van der Waals surface area contributed by atoms with E-state index in [0.29, 0.717) is 0 Å². The van der Waals surface area contributed by atoms with Crippen molar-refractivity contribution in [1.29, 1.82) is 0 Å². The third-order valence-electron chi connectivity index (χ3n) is 4.00. The fourth-order valence-electron chi connectivity index (χ4n) is 2.91. The molecule has 2 unspecified atom stereocenters. The van der Waals surface area contributed by atoms with Crippen LogP contribution in [0.15, 0.2) is 43.0 Å². The predicted molar refractivity (Wildman–Crippen MR) is 96.6 cm³/mol. The number of hydrogen-bond donors (Lipinski definition) is 0. The lowest BCUT2D eigenvalue weighted by Gasteiger charge is -2.43. The Labute approximate surface area is 159 Å². The minimum Gasteiger partial charge on any atom is -0.453 e. The van der Waals surface area contributed by atoms with Crippen molar-refractivity contribution in [2.75, 3.05) is 6.61 Å². The summed E-state index contributed by atoms with van der Waals surface area (Å²) in [6.45, 7) is 8.52. The van der Waals surface area contributed by atoms with Crippen LogP contribution in [0.4, 0.5) is 0 Å². The summed E-state index contributed by atoms with van der Waals surface area (Å²) < 4.78 is 28.2. The maximum absolute atomic E-state index is 11.6. The van der Waals surface area contributed by atoms with E-state index in [9.17, 15) is 9.59 Å². The van der Waals surface area contributed by atoms with Crippen molar-refractivity contribution in [2.24, 2.45) is 0 Å². The molecule has 1 aromatic carbocycles. The molecule has 0 aliphatic carbocycles. The SMILES string of the molecule is C=CCO[C@H]1C(C)O[C@@H](OC(C)=O)C(OC(C)=O)[C@H]1OCc1ccccc1. The molecule has 7 heteroatoms. The number of benzene rings is 1. The summed E-state index contributed by atoms with van der Waals surface area (Å²) >= 11 is 0. The summed E-state index contributed by atoms with van der Waals surface area (Å²) in [7, 11) is 0. The molecule has 0 bridgehead atoms. The van der Waals surface area contributed by atoms with E-state index in [0.717, 1.165) is 5.56 Å². The highest BCUT2D eigenvalue weighted by Gasteiger charge is 2.49. The maximum Gasteiger partial charge on any atom is 0.305 e. The van der Waals surface area contributed by atoms with E-state index in [-0.39, 0.29) is 13.2 Å². The molecular formula is C20H26O7. The lowest BCUT2D eigenvalue weighted by Crippen LogP contribution is -2.60. The summed E-state index contributed by atoms with van der Waals surface area (Å²) in [5.41, 5.74) is 0.949. The number of carbonyl (C=O) groups is 2. The zero-order valence-corrected chi connectivity index (χ0v) is 15.8. The molecule has 1 aromatic rings. The van der Waals surface area contributed by atoms with Gasteiger partial charge in [-0.3, -0.25) is 9.59 Å². The molecule has 2 rings (SSSR count). The number of carbonyl (C=O) groups excluding carboxylic acids is 2. The molecular weight excluding hydrogens is 352 g/mol. The van der Waals surface area contributed by atoms with Crippen molar-refractivity contribution >= 4 is 11.9 Å². The molecule has 0 spiro atoms. The first-order chi connectivity index (χ1) is 12.9. The van der Waals surface area contributed by atoms with Gasteiger partial charge in [0.2, 0.25) is 6.29 Å². The van der Waals surface area contributed by atoms with Gasteiger partial charge in [0.1, 0.15) is 12.2 Å². The number of rotatable bonds is 8. The van der Waals surface area contributed by atoms with Crippen LogP contribution in [0.3, 0.4) is 0 Å². The first kappa shape index (κ1) is 21.1. The minimum absolute atomic E-state index is 0.272. The molecule has 1 heterocycles. The van der Waals surface area contributed by atoms with Crippen LogP contribution in [0.2, 0.25) is 0 Å². The Morgan fingerprint density at radius 2 is 1.70 bits per heavy atom. The quantitative estimate of drug-likeness (QED) is 0.507. The van der Waals surface area contributed by atoms with Crippen LogP contribution in [-0.2, 0) is 39.9 Å². The topological polar surface area (TPSA) is 80.3 Å². The Hall–Kier alpha value is -2.22. The van der Waals surface area contributed by atoms with Crippen LogP contribution in [0.5, 0.6) is 0 Å². The first-order valence-electron chi connectivity index (χ1n) is 8.80. The van der Waals surface area contributed by atoms with E-state index in [1.807, 2.05) is 30.3 Å². The highest BCUT2D eigenvalue weighted by atomic mass is 16.7. The summed E-state index contributed by atoms with van der Waals surface area (Å²) in [5.74, 6) is -1.08. The van der Waals surface area contributed by atoms with Crippen molar-refractivity contribution in [1.82, 2.24) is 0 Å². The molecule has 0 radical (unpaired) electrons. The van der Waals surface area contributed by atoms with Gasteiger partial charge in [0, 0.05) is 13.8 Å². The van der Waals surface area contributed by atoms with Crippen molar-refractivity contribution in [3.63, 3.8) is 0 Å². The molecule has 1 saturated heterocycles. The maximum atomic E-state index is 11.6. The third kappa shape index (κ3) is 6.16. The molecule has 27 heavy (non-hydrogen) atoms. The standard InChI is InChI=1S/C20H26O7/c1-5-11-23-17-13(2)25-20(27-15(4)22)19(26-14(3)21)18(17)24-12-16-9-7-6-8-10-16/h5-10,13,17-20H,1,11-12H2,2-4H3/t13?,17-,18-,19?,20-/m0/s1. The molecule has 0 aromatic heterocycles. The second-order valence-corrected chi connectivity index (χ2v) is 6.24.